The van der Waals surface area contributed by atoms with Crippen molar-refractivity contribution in [3.05, 3.63) is 90.2 Å². The molecule has 0 unspecified atom stereocenters. The van der Waals surface area contributed by atoms with Gasteiger partial charge in [0.25, 0.3) is 0 Å². The van der Waals surface area contributed by atoms with Crippen LogP contribution in [-0.2, 0) is 20.6 Å². The molecule has 1 saturated heterocycles. The minimum absolute atomic E-state index is 0.112. The molecule has 1 aliphatic rings. The van der Waals surface area contributed by atoms with Gasteiger partial charge in [-0.05, 0) is 30.5 Å². The fourth-order valence-electron chi connectivity index (χ4n) is 4.00. The van der Waals surface area contributed by atoms with Gasteiger partial charge in [-0.3, -0.25) is 4.79 Å². The Morgan fingerprint density at radius 3 is 2.25 bits per heavy atom. The number of hydrogen-bond acceptors (Lipinski definition) is 3. The molecule has 0 spiro atoms. The molecule has 1 heterocycles. The summed E-state index contributed by atoms with van der Waals surface area (Å²) in [5.41, 5.74) is 2.84. The van der Waals surface area contributed by atoms with Crippen LogP contribution in [0.3, 0.4) is 0 Å². The number of carbonyl (C=O) groups is 1. The number of anilines is 1. The van der Waals surface area contributed by atoms with E-state index in [1.54, 1.807) is 6.07 Å². The normalized spacial score (nSPS) is 15.4. The van der Waals surface area contributed by atoms with E-state index < -0.39 is 15.8 Å². The molecule has 0 atom stereocenters. The molecule has 7 heteroatoms. The number of rotatable bonds is 6. The summed E-state index contributed by atoms with van der Waals surface area (Å²) in [5, 5.41) is 3.02. The summed E-state index contributed by atoms with van der Waals surface area (Å²) in [4.78, 5) is 12.9. The minimum Gasteiger partial charge on any atom is -0.325 e. The Kier molecular flexibility index (Phi) is 6.67. The van der Waals surface area contributed by atoms with Crippen molar-refractivity contribution in [3.8, 4) is 11.1 Å². The molecule has 0 bridgehead atoms. The van der Waals surface area contributed by atoms with Crippen LogP contribution in [0, 0.1) is 11.7 Å². The number of nitrogens with one attached hydrogen (secondary N) is 1. The van der Waals surface area contributed by atoms with Crippen LogP contribution in [0.25, 0.3) is 11.1 Å². The topological polar surface area (TPSA) is 66.5 Å². The third kappa shape index (κ3) is 5.06. The van der Waals surface area contributed by atoms with Gasteiger partial charge in [0.15, 0.2) is 0 Å². The highest BCUT2D eigenvalue weighted by Gasteiger charge is 2.31. The van der Waals surface area contributed by atoms with E-state index >= 15 is 0 Å². The van der Waals surface area contributed by atoms with E-state index in [2.05, 4.69) is 5.32 Å². The van der Waals surface area contributed by atoms with Crippen LogP contribution in [0.2, 0.25) is 0 Å². The quantitative estimate of drug-likeness (QED) is 0.591. The van der Waals surface area contributed by atoms with Gasteiger partial charge in [0.1, 0.15) is 5.82 Å². The summed E-state index contributed by atoms with van der Waals surface area (Å²) in [6, 6.07) is 23.4. The Morgan fingerprint density at radius 2 is 1.53 bits per heavy atom. The van der Waals surface area contributed by atoms with Crippen molar-refractivity contribution >= 4 is 21.6 Å². The molecular weight excluding hydrogens is 427 g/mol. The molecule has 5 nitrogen and oxygen atoms in total. The molecule has 0 aromatic heterocycles. The predicted octanol–water partition coefficient (Wildman–Crippen LogP) is 4.67. The molecule has 1 aliphatic heterocycles. The molecule has 1 fully saturated rings. The summed E-state index contributed by atoms with van der Waals surface area (Å²) >= 11 is 0. The van der Waals surface area contributed by atoms with Gasteiger partial charge in [-0.15, -0.1) is 0 Å². The van der Waals surface area contributed by atoms with Gasteiger partial charge in [0, 0.05) is 35.8 Å². The van der Waals surface area contributed by atoms with Crippen LogP contribution in [0.5, 0.6) is 0 Å². The van der Waals surface area contributed by atoms with Gasteiger partial charge in [-0.25, -0.2) is 17.1 Å². The summed E-state index contributed by atoms with van der Waals surface area (Å²) in [5.74, 6) is -1.29. The summed E-state index contributed by atoms with van der Waals surface area (Å²) in [6.45, 7) is 0.490. The van der Waals surface area contributed by atoms with Gasteiger partial charge < -0.3 is 5.32 Å². The number of nitrogens with zero attached hydrogens (tertiary/aromatic N) is 1. The van der Waals surface area contributed by atoms with E-state index in [1.807, 2.05) is 54.6 Å². The number of halogens is 1. The van der Waals surface area contributed by atoms with Crippen molar-refractivity contribution < 1.29 is 17.6 Å². The van der Waals surface area contributed by atoms with Crippen LogP contribution >= 0.6 is 0 Å². The number of sulfonamides is 1. The zero-order chi connectivity index (χ0) is 22.6. The van der Waals surface area contributed by atoms with E-state index in [-0.39, 0.29) is 36.2 Å². The minimum atomic E-state index is -3.65. The standard InChI is InChI=1S/C25H25FN2O3S/c26-23-12-6-4-10-21(23)18-32(30,31)28-16-14-20(15-17-28)25(29)27-24-13-7-5-11-22(24)19-8-2-1-3-9-19/h1-13,20H,14-18H2,(H,27,29). The lowest BCUT2D eigenvalue weighted by molar-refractivity contribution is -0.120. The average molecular weight is 453 g/mol. The second-order valence-corrected chi connectivity index (χ2v) is 9.89. The molecule has 0 aliphatic carbocycles. The first kappa shape index (κ1) is 22.2. The summed E-state index contributed by atoms with van der Waals surface area (Å²) < 4.78 is 40.7. The Morgan fingerprint density at radius 1 is 0.906 bits per heavy atom. The summed E-state index contributed by atoms with van der Waals surface area (Å²) in [7, 11) is -3.65. The van der Waals surface area contributed by atoms with E-state index in [0.717, 1.165) is 16.8 Å². The monoisotopic (exact) mass is 452 g/mol. The third-order valence-electron chi connectivity index (χ3n) is 5.78. The molecule has 3 aromatic rings. The van der Waals surface area contributed by atoms with E-state index in [9.17, 15) is 17.6 Å². The van der Waals surface area contributed by atoms with Crippen LogP contribution in [-0.4, -0.2) is 31.7 Å². The Balaban J connectivity index is 1.39. The number of piperidine rings is 1. The van der Waals surface area contributed by atoms with Gasteiger partial charge >= 0.3 is 0 Å². The number of para-hydroxylation sites is 1. The highest BCUT2D eigenvalue weighted by Crippen LogP contribution is 2.29. The molecule has 32 heavy (non-hydrogen) atoms. The van der Waals surface area contributed by atoms with E-state index in [0.29, 0.717) is 12.8 Å². The SMILES string of the molecule is O=C(Nc1ccccc1-c1ccccc1)C1CCN(S(=O)(=O)Cc2ccccc2F)CC1. The molecule has 4 rings (SSSR count). The smallest absolute Gasteiger partial charge is 0.227 e. The largest absolute Gasteiger partial charge is 0.325 e. The first-order chi connectivity index (χ1) is 15.4. The van der Waals surface area contributed by atoms with Crippen molar-refractivity contribution in [2.75, 3.05) is 18.4 Å². The maximum absolute atomic E-state index is 13.9. The lowest BCUT2D eigenvalue weighted by atomic mass is 9.96. The zero-order valence-electron chi connectivity index (χ0n) is 17.6. The molecule has 1 N–H and O–H groups in total. The van der Waals surface area contributed by atoms with Gasteiger partial charge in [0.05, 0.1) is 5.75 Å². The van der Waals surface area contributed by atoms with Gasteiger partial charge in [-0.2, -0.15) is 0 Å². The molecular formula is C25H25FN2O3S. The second kappa shape index (κ2) is 9.63. The van der Waals surface area contributed by atoms with Crippen molar-refractivity contribution in [3.63, 3.8) is 0 Å². The van der Waals surface area contributed by atoms with Crippen molar-refractivity contribution in [2.45, 2.75) is 18.6 Å². The van der Waals surface area contributed by atoms with Crippen molar-refractivity contribution in [2.24, 2.45) is 5.92 Å². The fraction of sp³-hybridized carbons (Fsp3) is 0.240. The fourth-order valence-corrected chi connectivity index (χ4v) is 5.57. The van der Waals surface area contributed by atoms with Crippen LogP contribution < -0.4 is 5.32 Å². The number of carbonyl (C=O) groups excluding carboxylic acids is 1. The first-order valence-electron chi connectivity index (χ1n) is 10.6. The third-order valence-corrected chi connectivity index (χ3v) is 7.61. The average Bonchev–Trinajstić information content (AvgIpc) is 2.81. The Bertz CT molecular complexity index is 1190. The molecule has 1 amide bonds. The zero-order valence-corrected chi connectivity index (χ0v) is 18.4. The van der Waals surface area contributed by atoms with Gasteiger partial charge in [0.2, 0.25) is 15.9 Å². The number of benzene rings is 3. The molecule has 0 radical (unpaired) electrons. The Hall–Kier alpha value is -3.03. The molecule has 3 aromatic carbocycles. The highest BCUT2D eigenvalue weighted by atomic mass is 32.2. The maximum atomic E-state index is 13.9. The molecule has 0 saturated carbocycles. The van der Waals surface area contributed by atoms with E-state index in [4.69, 9.17) is 0 Å². The summed E-state index contributed by atoms with van der Waals surface area (Å²) in [6.07, 6.45) is 0.853. The lowest BCUT2D eigenvalue weighted by Crippen LogP contribution is -2.42. The Labute approximate surface area is 187 Å². The molecule has 166 valence electrons. The highest BCUT2D eigenvalue weighted by molar-refractivity contribution is 7.88. The van der Waals surface area contributed by atoms with Gasteiger partial charge in [-0.1, -0.05) is 66.7 Å². The first-order valence-corrected chi connectivity index (χ1v) is 12.2. The maximum Gasteiger partial charge on any atom is 0.227 e. The van der Waals surface area contributed by atoms with Crippen molar-refractivity contribution in [1.82, 2.24) is 4.31 Å². The van der Waals surface area contributed by atoms with Crippen LogP contribution in [0.4, 0.5) is 10.1 Å². The number of amides is 1. The number of hydrogen-bond donors (Lipinski definition) is 1. The second-order valence-electron chi connectivity index (χ2n) is 7.92. The van der Waals surface area contributed by atoms with Crippen LogP contribution in [0.1, 0.15) is 18.4 Å². The van der Waals surface area contributed by atoms with E-state index in [1.165, 1.54) is 22.5 Å². The van der Waals surface area contributed by atoms with Crippen molar-refractivity contribution in [1.29, 1.82) is 0 Å². The van der Waals surface area contributed by atoms with Crippen LogP contribution in [0.15, 0.2) is 78.9 Å². The predicted molar refractivity (Wildman–Crippen MR) is 124 cm³/mol. The lowest BCUT2D eigenvalue weighted by Gasteiger charge is -2.30.